The summed E-state index contributed by atoms with van der Waals surface area (Å²) in [7, 11) is 3.41. The minimum atomic E-state index is 0.828. The predicted octanol–water partition coefficient (Wildman–Crippen LogP) is 4.46. The number of nitrogens with zero attached hydrogens (tertiary/aromatic N) is 3. The van der Waals surface area contributed by atoms with E-state index in [9.17, 15) is 0 Å². The van der Waals surface area contributed by atoms with Crippen LogP contribution in [0.3, 0.4) is 0 Å². The van der Waals surface area contributed by atoms with Crippen LogP contribution in [0, 0.1) is 0 Å². The number of methoxy groups -OCH3 is 2. The number of aromatic nitrogens is 1. The monoisotopic (exact) mass is 460 g/mol. The maximum absolute atomic E-state index is 5.58. The Morgan fingerprint density at radius 3 is 2.41 bits per heavy atom. The van der Waals surface area contributed by atoms with Crippen LogP contribution >= 0.6 is 0 Å². The Hall–Kier alpha value is -3.09. The normalized spacial score (nSPS) is 14.2. The van der Waals surface area contributed by atoms with Gasteiger partial charge in [0.15, 0.2) is 0 Å². The van der Waals surface area contributed by atoms with Gasteiger partial charge in [0.2, 0.25) is 0 Å². The number of hydrogen-bond acceptors (Lipinski definition) is 6. The van der Waals surface area contributed by atoms with Crippen molar-refractivity contribution < 1.29 is 9.47 Å². The Bertz CT molecular complexity index is 1000. The molecule has 2 aromatic carbocycles. The third-order valence-electron chi connectivity index (χ3n) is 6.42. The zero-order valence-corrected chi connectivity index (χ0v) is 20.4. The number of hydrogen-bond donors (Lipinski definition) is 1. The highest BCUT2D eigenvalue weighted by Crippen LogP contribution is 2.32. The fraction of sp³-hybridized carbons (Fsp3) is 0.393. The van der Waals surface area contributed by atoms with Crippen LogP contribution in [0.15, 0.2) is 66.9 Å². The molecule has 3 aromatic rings. The van der Waals surface area contributed by atoms with E-state index in [1.165, 1.54) is 18.4 Å². The number of benzene rings is 2. The van der Waals surface area contributed by atoms with Crippen LogP contribution in [0.5, 0.6) is 11.5 Å². The van der Waals surface area contributed by atoms with Crippen LogP contribution in [0.4, 0.5) is 5.69 Å². The summed E-state index contributed by atoms with van der Waals surface area (Å²) in [4.78, 5) is 9.40. The highest BCUT2D eigenvalue weighted by Gasteiger charge is 2.19. The molecule has 0 radical (unpaired) electrons. The van der Waals surface area contributed by atoms with Crippen molar-refractivity contribution in [1.82, 2.24) is 15.2 Å². The van der Waals surface area contributed by atoms with Crippen molar-refractivity contribution in [2.75, 3.05) is 58.4 Å². The van der Waals surface area contributed by atoms with Crippen molar-refractivity contribution in [3.63, 3.8) is 0 Å². The van der Waals surface area contributed by atoms with Crippen LogP contribution in [-0.4, -0.2) is 63.4 Å². The molecular weight excluding hydrogens is 424 g/mol. The van der Waals surface area contributed by atoms with Crippen molar-refractivity contribution in [1.29, 1.82) is 0 Å². The molecule has 180 valence electrons. The van der Waals surface area contributed by atoms with Gasteiger partial charge >= 0.3 is 0 Å². The molecule has 1 aliphatic heterocycles. The highest BCUT2D eigenvalue weighted by molar-refractivity contribution is 5.61. The van der Waals surface area contributed by atoms with E-state index < -0.39 is 0 Å². The van der Waals surface area contributed by atoms with Crippen molar-refractivity contribution in [3.05, 3.63) is 72.4 Å². The smallest absolute Gasteiger partial charge is 0.145 e. The second kappa shape index (κ2) is 12.4. The molecule has 0 amide bonds. The SMILES string of the molecule is COc1ccc(N2CCN(CCCCNCc3ccc(-c4ccccn4)cc3)CC2)c(OC)c1. The average Bonchev–Trinajstić information content (AvgIpc) is 2.91. The number of rotatable bonds is 11. The van der Waals surface area contributed by atoms with Gasteiger partial charge in [-0.1, -0.05) is 30.3 Å². The van der Waals surface area contributed by atoms with Crippen LogP contribution in [0.1, 0.15) is 18.4 Å². The van der Waals surface area contributed by atoms with E-state index in [-0.39, 0.29) is 0 Å². The Balaban J connectivity index is 1.11. The van der Waals surface area contributed by atoms with Gasteiger partial charge in [-0.05, 0) is 55.8 Å². The van der Waals surface area contributed by atoms with E-state index in [1.807, 2.05) is 36.5 Å². The summed E-state index contributed by atoms with van der Waals surface area (Å²) in [6.45, 7) is 7.34. The average molecular weight is 461 g/mol. The standard InChI is InChI=1S/C28H36N4O2/c1-33-25-12-13-27(28(21-25)34-2)32-19-17-31(18-20-32)16-6-5-14-29-22-23-8-10-24(11-9-23)26-7-3-4-15-30-26/h3-4,7-13,15,21,29H,5-6,14,16-20,22H2,1-2H3. The summed E-state index contributed by atoms with van der Waals surface area (Å²) in [6.07, 6.45) is 4.25. The first-order valence-corrected chi connectivity index (χ1v) is 12.2. The molecule has 1 N–H and O–H groups in total. The van der Waals surface area contributed by atoms with Crippen molar-refractivity contribution in [3.8, 4) is 22.8 Å². The number of nitrogens with one attached hydrogen (secondary N) is 1. The Morgan fingerprint density at radius 2 is 1.71 bits per heavy atom. The molecule has 6 heteroatoms. The highest BCUT2D eigenvalue weighted by atomic mass is 16.5. The number of anilines is 1. The van der Waals surface area contributed by atoms with Crippen molar-refractivity contribution in [2.45, 2.75) is 19.4 Å². The predicted molar refractivity (Wildman–Crippen MR) is 139 cm³/mol. The van der Waals surface area contributed by atoms with E-state index in [0.29, 0.717) is 0 Å². The summed E-state index contributed by atoms with van der Waals surface area (Å²) in [6, 6.07) is 20.8. The fourth-order valence-electron chi connectivity index (χ4n) is 4.40. The summed E-state index contributed by atoms with van der Waals surface area (Å²) in [5.41, 5.74) is 4.64. The molecule has 4 rings (SSSR count). The maximum Gasteiger partial charge on any atom is 0.145 e. The molecule has 1 fully saturated rings. The molecule has 1 saturated heterocycles. The summed E-state index contributed by atoms with van der Waals surface area (Å²) in [5.74, 6) is 1.71. The van der Waals surface area contributed by atoms with E-state index in [2.05, 4.69) is 50.4 Å². The van der Waals surface area contributed by atoms with Gasteiger partial charge in [0.25, 0.3) is 0 Å². The molecule has 0 saturated carbocycles. The zero-order chi connectivity index (χ0) is 23.6. The maximum atomic E-state index is 5.58. The number of piperazine rings is 1. The van der Waals surface area contributed by atoms with Crippen molar-refractivity contribution >= 4 is 5.69 Å². The van der Waals surface area contributed by atoms with Gasteiger partial charge < -0.3 is 19.7 Å². The molecule has 1 aromatic heterocycles. The van der Waals surface area contributed by atoms with Gasteiger partial charge in [-0.15, -0.1) is 0 Å². The summed E-state index contributed by atoms with van der Waals surface area (Å²) >= 11 is 0. The van der Waals surface area contributed by atoms with Crippen molar-refractivity contribution in [2.24, 2.45) is 0 Å². The van der Waals surface area contributed by atoms with Crippen LogP contribution < -0.4 is 19.7 Å². The lowest BCUT2D eigenvalue weighted by Crippen LogP contribution is -2.46. The van der Waals surface area contributed by atoms with E-state index in [4.69, 9.17) is 9.47 Å². The first kappa shape index (κ1) is 24.0. The molecule has 2 heterocycles. The molecule has 0 atom stereocenters. The van der Waals surface area contributed by atoms with Gasteiger partial charge in [-0.3, -0.25) is 9.88 Å². The largest absolute Gasteiger partial charge is 0.497 e. The van der Waals surface area contributed by atoms with Gasteiger partial charge in [-0.25, -0.2) is 0 Å². The fourth-order valence-corrected chi connectivity index (χ4v) is 4.40. The topological polar surface area (TPSA) is 49.9 Å². The first-order chi connectivity index (χ1) is 16.8. The van der Waals surface area contributed by atoms with E-state index in [0.717, 1.165) is 74.3 Å². The second-order valence-corrected chi connectivity index (χ2v) is 8.66. The van der Waals surface area contributed by atoms with Crippen LogP contribution in [0.25, 0.3) is 11.3 Å². The molecule has 6 nitrogen and oxygen atoms in total. The third-order valence-corrected chi connectivity index (χ3v) is 6.42. The van der Waals surface area contributed by atoms with Gasteiger partial charge in [0, 0.05) is 50.6 Å². The lowest BCUT2D eigenvalue weighted by molar-refractivity contribution is 0.252. The molecule has 34 heavy (non-hydrogen) atoms. The number of pyridine rings is 1. The summed E-state index contributed by atoms with van der Waals surface area (Å²) < 4.78 is 10.9. The quantitative estimate of drug-likeness (QED) is 0.427. The Kier molecular flexibility index (Phi) is 8.77. The van der Waals surface area contributed by atoms with E-state index >= 15 is 0 Å². The first-order valence-electron chi connectivity index (χ1n) is 12.2. The minimum Gasteiger partial charge on any atom is -0.497 e. The summed E-state index contributed by atoms with van der Waals surface area (Å²) in [5, 5.41) is 3.58. The number of ether oxygens (including phenoxy) is 2. The van der Waals surface area contributed by atoms with E-state index in [1.54, 1.807) is 14.2 Å². The second-order valence-electron chi connectivity index (χ2n) is 8.66. The third kappa shape index (κ3) is 6.49. The zero-order valence-electron chi connectivity index (χ0n) is 20.4. The van der Waals surface area contributed by atoms with Crippen LogP contribution in [-0.2, 0) is 6.54 Å². The molecular formula is C28H36N4O2. The molecule has 0 aliphatic carbocycles. The minimum absolute atomic E-state index is 0.828. The van der Waals surface area contributed by atoms with Gasteiger partial charge in [-0.2, -0.15) is 0 Å². The molecule has 0 spiro atoms. The molecule has 0 unspecified atom stereocenters. The Labute approximate surface area is 203 Å². The van der Waals surface area contributed by atoms with Gasteiger partial charge in [0.1, 0.15) is 11.5 Å². The number of unbranched alkanes of at least 4 members (excludes halogenated alkanes) is 1. The van der Waals surface area contributed by atoms with Crippen LogP contribution in [0.2, 0.25) is 0 Å². The Morgan fingerprint density at radius 1 is 0.882 bits per heavy atom. The van der Waals surface area contributed by atoms with Gasteiger partial charge in [0.05, 0.1) is 25.6 Å². The molecule has 1 aliphatic rings. The lowest BCUT2D eigenvalue weighted by Gasteiger charge is -2.36. The molecule has 0 bridgehead atoms. The lowest BCUT2D eigenvalue weighted by atomic mass is 10.1.